The van der Waals surface area contributed by atoms with E-state index >= 15 is 0 Å². The molecule has 1 atom stereocenters. The molecule has 1 aliphatic carbocycles. The second kappa shape index (κ2) is 6.87. The molecule has 0 radical (unpaired) electrons. The van der Waals surface area contributed by atoms with Crippen LogP contribution in [-0.2, 0) is 16.0 Å². The molecule has 6 rings (SSSR count). The highest BCUT2D eigenvalue weighted by Crippen LogP contribution is 2.39. The number of carbonyl (C=O) groups is 2. The lowest BCUT2D eigenvalue weighted by molar-refractivity contribution is -0.122. The summed E-state index contributed by atoms with van der Waals surface area (Å²) in [6, 6.07) is 19.8. The number of hydrogen-bond donors (Lipinski definition) is 1. The summed E-state index contributed by atoms with van der Waals surface area (Å²) in [7, 11) is 0. The van der Waals surface area contributed by atoms with Gasteiger partial charge in [-0.2, -0.15) is 0 Å². The van der Waals surface area contributed by atoms with E-state index in [1.165, 1.54) is 16.7 Å². The first-order valence-corrected chi connectivity index (χ1v) is 10.4. The summed E-state index contributed by atoms with van der Waals surface area (Å²) in [4.78, 5) is 27.2. The van der Waals surface area contributed by atoms with Crippen LogP contribution in [-0.4, -0.2) is 25.2 Å². The van der Waals surface area contributed by atoms with Gasteiger partial charge in [0.1, 0.15) is 0 Å². The smallest absolute Gasteiger partial charge is 0.231 e. The zero-order valence-electron chi connectivity index (χ0n) is 16.8. The van der Waals surface area contributed by atoms with E-state index in [-0.39, 0.29) is 25.0 Å². The zero-order chi connectivity index (χ0) is 20.9. The summed E-state index contributed by atoms with van der Waals surface area (Å²) in [6.07, 6.45) is 1.11. The van der Waals surface area contributed by atoms with Gasteiger partial charge in [-0.15, -0.1) is 0 Å². The van der Waals surface area contributed by atoms with E-state index in [9.17, 15) is 9.59 Å². The minimum absolute atomic E-state index is 0.0677. The molecule has 2 amide bonds. The highest BCUT2D eigenvalue weighted by Gasteiger charge is 2.36. The third kappa shape index (κ3) is 3.03. The number of carbonyl (C=O) groups excluding carboxylic acids is 2. The van der Waals surface area contributed by atoms with Gasteiger partial charge in [0, 0.05) is 30.4 Å². The molecular formula is C25H20N2O4. The maximum atomic E-state index is 12.9. The van der Waals surface area contributed by atoms with Crippen molar-refractivity contribution >= 4 is 23.2 Å². The Hall–Kier alpha value is -3.80. The molecule has 1 N–H and O–H groups in total. The van der Waals surface area contributed by atoms with E-state index in [4.69, 9.17) is 9.47 Å². The predicted octanol–water partition coefficient (Wildman–Crippen LogP) is 3.98. The van der Waals surface area contributed by atoms with Crippen molar-refractivity contribution in [2.75, 3.05) is 23.6 Å². The molecule has 6 nitrogen and oxygen atoms in total. The van der Waals surface area contributed by atoms with E-state index in [0.29, 0.717) is 18.0 Å². The maximum Gasteiger partial charge on any atom is 0.231 e. The summed E-state index contributed by atoms with van der Waals surface area (Å²) < 4.78 is 10.7. The monoisotopic (exact) mass is 412 g/mol. The van der Waals surface area contributed by atoms with Crippen molar-refractivity contribution < 1.29 is 19.1 Å². The standard InChI is InChI=1S/C25H20N2O4/c28-24-10-17(13-27(24)19-7-8-22-23(12-19)31-14-30-22)25(29)26-18-6-5-16-9-15-3-1-2-4-20(15)21(16)11-18/h1-8,11-12,17H,9-10,13-14H2,(H,26,29). The largest absolute Gasteiger partial charge is 0.454 e. The number of rotatable bonds is 3. The third-order valence-corrected chi connectivity index (χ3v) is 6.23. The molecule has 1 fully saturated rings. The summed E-state index contributed by atoms with van der Waals surface area (Å²) in [5.41, 5.74) is 6.44. The van der Waals surface area contributed by atoms with Gasteiger partial charge in [0.05, 0.1) is 5.92 Å². The molecule has 3 aromatic carbocycles. The first-order chi connectivity index (χ1) is 15.2. The van der Waals surface area contributed by atoms with Gasteiger partial charge in [0.2, 0.25) is 18.6 Å². The number of anilines is 2. The number of nitrogens with one attached hydrogen (secondary N) is 1. The molecule has 0 saturated carbocycles. The Bertz CT molecular complexity index is 1240. The van der Waals surface area contributed by atoms with Crippen molar-refractivity contribution in [1.82, 2.24) is 0 Å². The Balaban J connectivity index is 1.19. The molecule has 1 unspecified atom stereocenters. The van der Waals surface area contributed by atoms with Crippen LogP contribution in [0.1, 0.15) is 17.5 Å². The molecule has 3 aliphatic rings. The summed E-state index contributed by atoms with van der Waals surface area (Å²) in [6.45, 7) is 0.529. The van der Waals surface area contributed by atoms with Crippen LogP contribution in [0.25, 0.3) is 11.1 Å². The zero-order valence-corrected chi connectivity index (χ0v) is 16.8. The number of fused-ring (bicyclic) bond motifs is 4. The first-order valence-electron chi connectivity index (χ1n) is 10.4. The summed E-state index contributed by atoms with van der Waals surface area (Å²) >= 11 is 0. The van der Waals surface area contributed by atoms with E-state index in [2.05, 4.69) is 29.6 Å². The fraction of sp³-hybridized carbons (Fsp3) is 0.200. The van der Waals surface area contributed by atoms with Gasteiger partial charge in [-0.3, -0.25) is 9.59 Å². The maximum absolute atomic E-state index is 12.9. The normalized spacial score (nSPS) is 18.1. The topological polar surface area (TPSA) is 67.9 Å². The Morgan fingerprint density at radius 3 is 2.71 bits per heavy atom. The molecule has 1 saturated heterocycles. The van der Waals surface area contributed by atoms with Crippen LogP contribution in [0.15, 0.2) is 60.7 Å². The van der Waals surface area contributed by atoms with Crippen molar-refractivity contribution in [2.24, 2.45) is 5.92 Å². The molecule has 3 aromatic rings. The van der Waals surface area contributed by atoms with Gasteiger partial charge in [0.25, 0.3) is 0 Å². The second-order valence-corrected chi connectivity index (χ2v) is 8.14. The summed E-state index contributed by atoms with van der Waals surface area (Å²) in [5.74, 6) is 0.683. The van der Waals surface area contributed by atoms with E-state index in [0.717, 1.165) is 23.4 Å². The van der Waals surface area contributed by atoms with Crippen LogP contribution >= 0.6 is 0 Å². The molecule has 0 bridgehead atoms. The fourth-order valence-electron chi connectivity index (χ4n) is 4.63. The molecule has 0 spiro atoms. The third-order valence-electron chi connectivity index (χ3n) is 6.23. The van der Waals surface area contributed by atoms with Gasteiger partial charge in [-0.1, -0.05) is 30.3 Å². The Morgan fingerprint density at radius 2 is 1.77 bits per heavy atom. The van der Waals surface area contributed by atoms with Gasteiger partial charge < -0.3 is 19.7 Å². The lowest BCUT2D eigenvalue weighted by atomic mass is 10.0. The minimum Gasteiger partial charge on any atom is -0.454 e. The van der Waals surface area contributed by atoms with Crippen molar-refractivity contribution in [3.63, 3.8) is 0 Å². The molecule has 0 aromatic heterocycles. The van der Waals surface area contributed by atoms with Crippen molar-refractivity contribution in [2.45, 2.75) is 12.8 Å². The molecule has 2 heterocycles. The molecule has 6 heteroatoms. The number of amides is 2. The van der Waals surface area contributed by atoms with Crippen molar-refractivity contribution in [1.29, 1.82) is 0 Å². The van der Waals surface area contributed by atoms with Gasteiger partial charge >= 0.3 is 0 Å². The molecule has 154 valence electrons. The highest BCUT2D eigenvalue weighted by molar-refractivity contribution is 6.04. The van der Waals surface area contributed by atoms with Crippen LogP contribution in [0, 0.1) is 5.92 Å². The number of benzene rings is 3. The van der Waals surface area contributed by atoms with Crippen LogP contribution < -0.4 is 19.7 Å². The Labute approximate surface area is 179 Å². The molecule has 31 heavy (non-hydrogen) atoms. The van der Waals surface area contributed by atoms with Crippen molar-refractivity contribution in [3.8, 4) is 22.6 Å². The lowest BCUT2D eigenvalue weighted by Gasteiger charge is -2.17. The first kappa shape index (κ1) is 18.0. The van der Waals surface area contributed by atoms with E-state index < -0.39 is 5.92 Å². The van der Waals surface area contributed by atoms with Crippen LogP contribution in [0.3, 0.4) is 0 Å². The average molecular weight is 412 g/mol. The second-order valence-electron chi connectivity index (χ2n) is 8.14. The van der Waals surface area contributed by atoms with E-state index in [1.807, 2.05) is 24.3 Å². The van der Waals surface area contributed by atoms with Gasteiger partial charge in [-0.25, -0.2) is 0 Å². The highest BCUT2D eigenvalue weighted by atomic mass is 16.7. The quantitative estimate of drug-likeness (QED) is 0.553. The fourth-order valence-corrected chi connectivity index (χ4v) is 4.63. The van der Waals surface area contributed by atoms with Crippen molar-refractivity contribution in [3.05, 3.63) is 71.8 Å². The lowest BCUT2D eigenvalue weighted by Crippen LogP contribution is -2.28. The Morgan fingerprint density at radius 1 is 0.935 bits per heavy atom. The SMILES string of the molecule is O=C(Nc1ccc2c(c1)-c1ccccc1C2)C1CC(=O)N(c2ccc3c(c2)OCO3)C1. The minimum atomic E-state index is -0.404. The number of hydrogen-bond acceptors (Lipinski definition) is 4. The predicted molar refractivity (Wildman–Crippen MR) is 116 cm³/mol. The van der Waals surface area contributed by atoms with E-state index in [1.54, 1.807) is 17.0 Å². The van der Waals surface area contributed by atoms with Gasteiger partial charge in [-0.05, 0) is 52.9 Å². The average Bonchev–Trinajstić information content (AvgIpc) is 3.49. The Kier molecular flexibility index (Phi) is 3.99. The number of ether oxygens (including phenoxy) is 2. The summed E-state index contributed by atoms with van der Waals surface area (Å²) in [5, 5.41) is 3.02. The molecular weight excluding hydrogens is 392 g/mol. The number of nitrogens with zero attached hydrogens (tertiary/aromatic N) is 1. The van der Waals surface area contributed by atoms with Crippen LogP contribution in [0.2, 0.25) is 0 Å². The van der Waals surface area contributed by atoms with Crippen LogP contribution in [0.5, 0.6) is 11.5 Å². The molecule has 2 aliphatic heterocycles. The van der Waals surface area contributed by atoms with Crippen LogP contribution in [0.4, 0.5) is 11.4 Å². The van der Waals surface area contributed by atoms with Gasteiger partial charge in [0.15, 0.2) is 11.5 Å².